The zero-order chi connectivity index (χ0) is 19.8. The lowest BCUT2D eigenvalue weighted by atomic mass is 10.1. The number of carbonyl (C=O) groups excluding carboxylic acids is 3. The Labute approximate surface area is 154 Å². The molecule has 2 aromatic carbocycles. The third-order valence-electron chi connectivity index (χ3n) is 3.44. The van der Waals surface area contributed by atoms with Gasteiger partial charge in [-0.2, -0.15) is 5.26 Å². The Bertz CT molecular complexity index is 903. The van der Waals surface area contributed by atoms with E-state index in [1.807, 2.05) is 0 Å². The molecule has 2 rings (SSSR count). The molecule has 0 radical (unpaired) electrons. The van der Waals surface area contributed by atoms with Crippen molar-refractivity contribution in [2.75, 3.05) is 19.0 Å². The molecule has 0 aliphatic carbocycles. The molecule has 0 aliphatic heterocycles. The van der Waals surface area contributed by atoms with Crippen LogP contribution in [0.3, 0.4) is 0 Å². The van der Waals surface area contributed by atoms with Crippen molar-refractivity contribution >= 4 is 23.3 Å². The minimum atomic E-state index is -0.756. The number of ether oxygens (including phenoxy) is 2. The Morgan fingerprint density at radius 2 is 1.85 bits per heavy atom. The molecule has 0 spiro atoms. The van der Waals surface area contributed by atoms with Gasteiger partial charge in [-0.15, -0.1) is 0 Å². The number of benzene rings is 2. The topological polar surface area (TPSA) is 105 Å². The average molecular weight is 370 g/mol. The van der Waals surface area contributed by atoms with Gasteiger partial charge in [-0.3, -0.25) is 9.59 Å². The standard InChI is InChI=1S/C19H15FN2O5/c1-26-17-7-4-13(20)10-15(17)16(23)11-27-19(25)12-2-5-14(6-3-12)22-18(24)8-9-21/h2-7,10H,8,11H2,1H3,(H,22,24). The van der Waals surface area contributed by atoms with Crippen LogP contribution in [0.25, 0.3) is 0 Å². The molecule has 0 unspecified atom stereocenters. The maximum atomic E-state index is 13.3. The number of halogens is 1. The van der Waals surface area contributed by atoms with E-state index >= 15 is 0 Å². The summed E-state index contributed by atoms with van der Waals surface area (Å²) in [5.74, 6) is -2.27. The molecule has 1 amide bonds. The molecule has 0 heterocycles. The molecule has 0 bridgehead atoms. The van der Waals surface area contributed by atoms with E-state index in [4.69, 9.17) is 14.7 Å². The fourth-order valence-corrected chi connectivity index (χ4v) is 2.16. The fraction of sp³-hybridized carbons (Fsp3) is 0.158. The number of Topliss-reactive ketones (excluding diaryl/α,β-unsaturated/α-hetero) is 1. The molecule has 0 fully saturated rings. The Morgan fingerprint density at radius 1 is 1.15 bits per heavy atom. The van der Waals surface area contributed by atoms with Crippen LogP contribution in [0.4, 0.5) is 10.1 Å². The van der Waals surface area contributed by atoms with E-state index in [9.17, 15) is 18.8 Å². The number of esters is 1. The molecule has 0 atom stereocenters. The molecular weight excluding hydrogens is 355 g/mol. The van der Waals surface area contributed by atoms with E-state index in [1.165, 1.54) is 37.4 Å². The first-order valence-corrected chi connectivity index (χ1v) is 7.75. The molecule has 0 saturated carbocycles. The Morgan fingerprint density at radius 3 is 2.48 bits per heavy atom. The number of hydrogen-bond acceptors (Lipinski definition) is 6. The Kier molecular flexibility index (Phi) is 6.61. The van der Waals surface area contributed by atoms with Crippen LogP contribution in [0.5, 0.6) is 5.75 Å². The Balaban J connectivity index is 1.97. The summed E-state index contributed by atoms with van der Waals surface area (Å²) in [6.07, 6.45) is -0.282. The van der Waals surface area contributed by atoms with Crippen molar-refractivity contribution in [3.8, 4) is 11.8 Å². The monoisotopic (exact) mass is 370 g/mol. The van der Waals surface area contributed by atoms with Gasteiger partial charge in [0.25, 0.3) is 0 Å². The summed E-state index contributed by atoms with van der Waals surface area (Å²) in [6, 6.07) is 10.9. The normalized spacial score (nSPS) is 9.81. The number of amides is 1. The second kappa shape index (κ2) is 9.10. The van der Waals surface area contributed by atoms with Crippen LogP contribution in [0, 0.1) is 17.1 Å². The van der Waals surface area contributed by atoms with E-state index in [0.717, 1.165) is 12.1 Å². The van der Waals surface area contributed by atoms with Crippen molar-refractivity contribution in [1.29, 1.82) is 5.26 Å². The SMILES string of the molecule is COc1ccc(F)cc1C(=O)COC(=O)c1ccc(NC(=O)CC#N)cc1. The molecule has 27 heavy (non-hydrogen) atoms. The van der Waals surface area contributed by atoms with Gasteiger partial charge in [-0.05, 0) is 42.5 Å². The number of anilines is 1. The summed E-state index contributed by atoms with van der Waals surface area (Å²) < 4.78 is 23.3. The number of nitrogens with one attached hydrogen (secondary N) is 1. The van der Waals surface area contributed by atoms with Gasteiger partial charge in [0.2, 0.25) is 11.7 Å². The van der Waals surface area contributed by atoms with Crippen molar-refractivity contribution in [1.82, 2.24) is 0 Å². The third kappa shape index (κ3) is 5.37. The summed E-state index contributed by atoms with van der Waals surface area (Å²) in [6.45, 7) is -0.584. The lowest BCUT2D eigenvalue weighted by Gasteiger charge is -2.09. The minimum absolute atomic E-state index is 0.0270. The van der Waals surface area contributed by atoms with Crippen LogP contribution < -0.4 is 10.1 Å². The van der Waals surface area contributed by atoms with Crippen LogP contribution in [-0.4, -0.2) is 31.4 Å². The molecule has 0 saturated heterocycles. The number of methoxy groups -OCH3 is 1. The maximum Gasteiger partial charge on any atom is 0.338 e. The molecule has 8 heteroatoms. The van der Waals surface area contributed by atoms with Gasteiger partial charge in [0.1, 0.15) is 18.0 Å². The van der Waals surface area contributed by atoms with Crippen LogP contribution >= 0.6 is 0 Å². The maximum absolute atomic E-state index is 13.3. The van der Waals surface area contributed by atoms with Crippen molar-refractivity contribution in [2.45, 2.75) is 6.42 Å². The predicted octanol–water partition coefficient (Wildman–Crippen LogP) is 2.73. The summed E-state index contributed by atoms with van der Waals surface area (Å²) >= 11 is 0. The highest BCUT2D eigenvalue weighted by Crippen LogP contribution is 2.20. The molecule has 2 aromatic rings. The van der Waals surface area contributed by atoms with Crippen LogP contribution in [0.2, 0.25) is 0 Å². The zero-order valence-electron chi connectivity index (χ0n) is 14.3. The van der Waals surface area contributed by atoms with Gasteiger partial charge in [-0.25, -0.2) is 9.18 Å². The second-order valence-corrected chi connectivity index (χ2v) is 5.30. The molecular formula is C19H15FN2O5. The van der Waals surface area contributed by atoms with Gasteiger partial charge in [0.05, 0.1) is 24.3 Å². The van der Waals surface area contributed by atoms with Crippen molar-refractivity contribution in [3.63, 3.8) is 0 Å². The highest BCUT2D eigenvalue weighted by molar-refractivity contribution is 6.01. The summed E-state index contributed by atoms with van der Waals surface area (Å²) in [4.78, 5) is 35.5. The molecule has 1 N–H and O–H groups in total. The third-order valence-corrected chi connectivity index (χ3v) is 3.44. The number of nitriles is 1. The zero-order valence-corrected chi connectivity index (χ0v) is 14.3. The number of nitrogens with zero attached hydrogens (tertiary/aromatic N) is 1. The van der Waals surface area contributed by atoms with Gasteiger partial charge in [0.15, 0.2) is 6.61 Å². The fourth-order valence-electron chi connectivity index (χ4n) is 2.16. The van der Waals surface area contributed by atoms with Gasteiger partial charge in [0, 0.05) is 5.69 Å². The first-order chi connectivity index (χ1) is 12.9. The van der Waals surface area contributed by atoms with E-state index in [-0.39, 0.29) is 23.3 Å². The molecule has 0 aliphatic rings. The minimum Gasteiger partial charge on any atom is -0.496 e. The van der Waals surface area contributed by atoms with E-state index in [0.29, 0.717) is 5.69 Å². The second-order valence-electron chi connectivity index (χ2n) is 5.30. The van der Waals surface area contributed by atoms with Gasteiger partial charge >= 0.3 is 5.97 Å². The van der Waals surface area contributed by atoms with E-state index < -0.39 is 30.1 Å². The van der Waals surface area contributed by atoms with Crippen LogP contribution in [0.15, 0.2) is 42.5 Å². The summed E-state index contributed by atoms with van der Waals surface area (Å²) in [5.41, 5.74) is 0.542. The lowest BCUT2D eigenvalue weighted by molar-refractivity contribution is -0.115. The van der Waals surface area contributed by atoms with Crippen LogP contribution in [0.1, 0.15) is 27.1 Å². The molecule has 0 aromatic heterocycles. The molecule has 138 valence electrons. The lowest BCUT2D eigenvalue weighted by Crippen LogP contribution is -2.15. The number of ketones is 1. The number of carbonyl (C=O) groups is 3. The number of hydrogen-bond donors (Lipinski definition) is 1. The van der Waals surface area contributed by atoms with E-state index in [2.05, 4.69) is 5.32 Å². The highest BCUT2D eigenvalue weighted by atomic mass is 19.1. The largest absolute Gasteiger partial charge is 0.496 e. The van der Waals surface area contributed by atoms with E-state index in [1.54, 1.807) is 6.07 Å². The first kappa shape index (κ1) is 19.6. The summed E-state index contributed by atoms with van der Waals surface area (Å²) in [5, 5.41) is 10.9. The predicted molar refractivity (Wildman–Crippen MR) is 92.9 cm³/mol. The number of rotatable bonds is 7. The highest BCUT2D eigenvalue weighted by Gasteiger charge is 2.16. The van der Waals surface area contributed by atoms with Gasteiger partial charge < -0.3 is 14.8 Å². The van der Waals surface area contributed by atoms with Crippen molar-refractivity contribution in [2.24, 2.45) is 0 Å². The smallest absolute Gasteiger partial charge is 0.338 e. The van der Waals surface area contributed by atoms with Crippen molar-refractivity contribution < 1.29 is 28.2 Å². The molecule has 7 nitrogen and oxygen atoms in total. The average Bonchev–Trinajstić information content (AvgIpc) is 2.66. The van der Waals surface area contributed by atoms with Crippen LogP contribution in [-0.2, 0) is 9.53 Å². The van der Waals surface area contributed by atoms with Gasteiger partial charge in [-0.1, -0.05) is 0 Å². The van der Waals surface area contributed by atoms with Crippen molar-refractivity contribution in [3.05, 3.63) is 59.4 Å². The first-order valence-electron chi connectivity index (χ1n) is 7.75. The Hall–Kier alpha value is -3.73. The quantitative estimate of drug-likeness (QED) is 0.593. The summed E-state index contributed by atoms with van der Waals surface area (Å²) in [7, 11) is 1.34.